The molecule has 1 saturated carbocycles. The standard InChI is InChI=1S/C24H28F3N5O2/c1-28-23(18-5-3-2-4-6-18)9-7-22(8-10-23)16-31(21(33)32(22)13-17-14-34-15-17)19-11-29-20(30-12-19)24(25,26)27/h2-6,11-12,17,28H,7-10,13-16H2,1H3. The highest BCUT2D eigenvalue weighted by atomic mass is 19.4. The van der Waals surface area contributed by atoms with Gasteiger partial charge in [0, 0.05) is 18.0 Å². The molecule has 34 heavy (non-hydrogen) atoms. The Morgan fingerprint density at radius 3 is 2.26 bits per heavy atom. The molecular formula is C24H28F3N5O2. The highest BCUT2D eigenvalue weighted by Gasteiger charge is 2.54. The van der Waals surface area contributed by atoms with Crippen molar-refractivity contribution >= 4 is 11.7 Å². The summed E-state index contributed by atoms with van der Waals surface area (Å²) in [4.78, 5) is 24.0. The van der Waals surface area contributed by atoms with Gasteiger partial charge in [-0.2, -0.15) is 13.2 Å². The Bertz CT molecular complexity index is 1020. The number of anilines is 1. The van der Waals surface area contributed by atoms with E-state index >= 15 is 0 Å². The zero-order valence-corrected chi connectivity index (χ0v) is 19.0. The summed E-state index contributed by atoms with van der Waals surface area (Å²) in [7, 11) is 1.97. The maximum Gasteiger partial charge on any atom is 0.451 e. The highest BCUT2D eigenvalue weighted by molar-refractivity contribution is 5.95. The van der Waals surface area contributed by atoms with Crippen molar-refractivity contribution in [1.82, 2.24) is 20.2 Å². The van der Waals surface area contributed by atoms with E-state index in [1.807, 2.05) is 30.1 Å². The predicted octanol–water partition coefficient (Wildman–Crippen LogP) is 3.81. The Hall–Kier alpha value is -2.72. The zero-order valence-electron chi connectivity index (χ0n) is 19.0. The third-order valence-electron chi connectivity index (χ3n) is 7.68. The highest BCUT2D eigenvalue weighted by Crippen LogP contribution is 2.47. The first-order valence-electron chi connectivity index (χ1n) is 11.6. The third-order valence-corrected chi connectivity index (χ3v) is 7.68. The van der Waals surface area contributed by atoms with Crippen LogP contribution in [0.15, 0.2) is 42.7 Å². The van der Waals surface area contributed by atoms with E-state index in [0.29, 0.717) is 32.0 Å². The maximum atomic E-state index is 13.6. The van der Waals surface area contributed by atoms with Gasteiger partial charge in [-0.05, 0) is 38.3 Å². The van der Waals surface area contributed by atoms with Gasteiger partial charge in [0.25, 0.3) is 0 Å². The lowest BCUT2D eigenvalue weighted by molar-refractivity contribution is -0.144. The van der Waals surface area contributed by atoms with Gasteiger partial charge in [0.1, 0.15) is 0 Å². The van der Waals surface area contributed by atoms with Gasteiger partial charge < -0.3 is 15.0 Å². The van der Waals surface area contributed by atoms with Crippen LogP contribution in [0.3, 0.4) is 0 Å². The monoisotopic (exact) mass is 475 g/mol. The first-order chi connectivity index (χ1) is 16.3. The SMILES string of the molecule is CNC1(c2ccccc2)CCC2(CC1)CN(c1cnc(C(F)(F)F)nc1)C(=O)N2CC1COC1. The maximum absolute atomic E-state index is 13.6. The van der Waals surface area contributed by atoms with E-state index in [4.69, 9.17) is 4.74 Å². The topological polar surface area (TPSA) is 70.6 Å². The van der Waals surface area contributed by atoms with Crippen molar-refractivity contribution in [2.45, 2.75) is 42.9 Å². The Morgan fingerprint density at radius 2 is 1.74 bits per heavy atom. The second-order valence-corrected chi connectivity index (χ2v) is 9.57. The van der Waals surface area contributed by atoms with E-state index in [1.165, 1.54) is 10.5 Å². The first-order valence-corrected chi connectivity index (χ1v) is 11.6. The number of ether oxygens (including phenoxy) is 1. The largest absolute Gasteiger partial charge is 0.451 e. The van der Waals surface area contributed by atoms with Crippen LogP contribution in [0.1, 0.15) is 37.1 Å². The molecular weight excluding hydrogens is 447 g/mol. The number of urea groups is 1. The number of halogens is 3. The van der Waals surface area contributed by atoms with Gasteiger partial charge in [-0.25, -0.2) is 14.8 Å². The van der Waals surface area contributed by atoms with Crippen LogP contribution in [0.5, 0.6) is 0 Å². The number of aromatic nitrogens is 2. The summed E-state index contributed by atoms with van der Waals surface area (Å²) >= 11 is 0. The Kier molecular flexibility index (Phi) is 5.76. The van der Waals surface area contributed by atoms with Crippen LogP contribution in [-0.4, -0.2) is 59.8 Å². The summed E-state index contributed by atoms with van der Waals surface area (Å²) in [5.41, 5.74) is 0.942. The van der Waals surface area contributed by atoms with Crippen molar-refractivity contribution in [2.24, 2.45) is 5.92 Å². The van der Waals surface area contributed by atoms with E-state index in [1.54, 1.807) is 0 Å². The number of amides is 2. The summed E-state index contributed by atoms with van der Waals surface area (Å²) in [5, 5.41) is 3.53. The van der Waals surface area contributed by atoms with Gasteiger partial charge in [-0.15, -0.1) is 0 Å². The Labute approximate surface area is 196 Å². The van der Waals surface area contributed by atoms with Crippen LogP contribution in [-0.2, 0) is 16.5 Å². The van der Waals surface area contributed by atoms with Crippen LogP contribution in [0.4, 0.5) is 23.7 Å². The van der Waals surface area contributed by atoms with Crippen molar-refractivity contribution in [3.05, 3.63) is 54.1 Å². The number of rotatable bonds is 5. The van der Waals surface area contributed by atoms with Crippen molar-refractivity contribution in [3.8, 4) is 0 Å². The molecule has 1 spiro atoms. The Balaban J connectivity index is 1.42. The van der Waals surface area contributed by atoms with E-state index in [-0.39, 0.29) is 17.5 Å². The molecule has 0 unspecified atom stereocenters. The second kappa shape index (κ2) is 8.49. The summed E-state index contributed by atoms with van der Waals surface area (Å²) < 4.78 is 44.1. The normalized spacial score (nSPS) is 27.9. The number of benzene rings is 1. The van der Waals surface area contributed by atoms with E-state index < -0.39 is 17.5 Å². The molecule has 0 bridgehead atoms. The zero-order chi connectivity index (χ0) is 24.0. The van der Waals surface area contributed by atoms with E-state index in [0.717, 1.165) is 38.1 Å². The van der Waals surface area contributed by atoms with Crippen molar-refractivity contribution in [3.63, 3.8) is 0 Å². The number of alkyl halides is 3. The minimum atomic E-state index is -4.62. The third kappa shape index (κ3) is 3.92. The fourth-order valence-corrected chi connectivity index (χ4v) is 5.53. The average Bonchev–Trinajstić information content (AvgIpc) is 3.08. The molecule has 10 heteroatoms. The number of hydrogen-bond acceptors (Lipinski definition) is 5. The number of hydrogen-bond donors (Lipinski definition) is 1. The number of carbonyl (C=O) groups excluding carboxylic acids is 1. The summed E-state index contributed by atoms with van der Waals surface area (Å²) in [6, 6.07) is 10.1. The summed E-state index contributed by atoms with van der Waals surface area (Å²) in [6.07, 6.45) is 0.818. The first kappa shape index (κ1) is 23.0. The van der Waals surface area contributed by atoms with Crippen molar-refractivity contribution in [2.75, 3.05) is 38.3 Å². The fraction of sp³-hybridized carbons (Fsp3) is 0.542. The lowest BCUT2D eigenvalue weighted by atomic mass is 9.69. The molecule has 2 aromatic rings. The molecule has 3 fully saturated rings. The quantitative estimate of drug-likeness (QED) is 0.712. The minimum Gasteiger partial charge on any atom is -0.381 e. The van der Waals surface area contributed by atoms with Gasteiger partial charge in [0.2, 0.25) is 5.82 Å². The Morgan fingerprint density at radius 1 is 1.09 bits per heavy atom. The molecule has 5 rings (SSSR count). The lowest BCUT2D eigenvalue weighted by Gasteiger charge is -2.49. The van der Waals surface area contributed by atoms with Crippen LogP contribution in [0.25, 0.3) is 0 Å². The predicted molar refractivity (Wildman–Crippen MR) is 119 cm³/mol. The lowest BCUT2D eigenvalue weighted by Crippen LogP contribution is -2.57. The molecule has 1 aromatic heterocycles. The molecule has 2 aliphatic heterocycles. The molecule has 2 amide bonds. The molecule has 0 atom stereocenters. The average molecular weight is 476 g/mol. The molecule has 182 valence electrons. The molecule has 0 radical (unpaired) electrons. The molecule has 3 heterocycles. The van der Waals surface area contributed by atoms with Gasteiger partial charge in [-0.1, -0.05) is 30.3 Å². The molecule has 2 saturated heterocycles. The summed E-state index contributed by atoms with van der Waals surface area (Å²) in [5.74, 6) is -0.935. The fourth-order valence-electron chi connectivity index (χ4n) is 5.53. The molecule has 7 nitrogen and oxygen atoms in total. The molecule has 1 aliphatic carbocycles. The second-order valence-electron chi connectivity index (χ2n) is 9.57. The number of carbonyl (C=O) groups is 1. The van der Waals surface area contributed by atoms with Gasteiger partial charge in [0.05, 0.1) is 43.4 Å². The van der Waals surface area contributed by atoms with E-state index in [2.05, 4.69) is 27.4 Å². The number of nitrogens with zero attached hydrogens (tertiary/aromatic N) is 4. The van der Waals surface area contributed by atoms with Crippen LogP contribution >= 0.6 is 0 Å². The van der Waals surface area contributed by atoms with Gasteiger partial charge in [-0.3, -0.25) is 4.90 Å². The smallest absolute Gasteiger partial charge is 0.381 e. The molecule has 3 aliphatic rings. The minimum absolute atomic E-state index is 0.175. The van der Waals surface area contributed by atoms with Gasteiger partial charge >= 0.3 is 12.2 Å². The van der Waals surface area contributed by atoms with Crippen LogP contribution < -0.4 is 10.2 Å². The van der Waals surface area contributed by atoms with Crippen LogP contribution in [0.2, 0.25) is 0 Å². The van der Waals surface area contributed by atoms with Crippen molar-refractivity contribution in [1.29, 1.82) is 0 Å². The summed E-state index contributed by atoms with van der Waals surface area (Å²) in [6.45, 7) is 2.22. The van der Waals surface area contributed by atoms with Crippen LogP contribution in [0, 0.1) is 5.92 Å². The molecule has 1 N–H and O–H groups in total. The van der Waals surface area contributed by atoms with Crippen molar-refractivity contribution < 1.29 is 22.7 Å². The van der Waals surface area contributed by atoms with E-state index in [9.17, 15) is 18.0 Å². The number of nitrogens with one attached hydrogen (secondary N) is 1. The van der Waals surface area contributed by atoms with Gasteiger partial charge in [0.15, 0.2) is 0 Å². The molecule has 1 aromatic carbocycles.